The van der Waals surface area contributed by atoms with Crippen LogP contribution in [-0.4, -0.2) is 28.9 Å². The molecule has 1 amide bonds. The van der Waals surface area contributed by atoms with Crippen LogP contribution in [0.5, 0.6) is 5.75 Å². The van der Waals surface area contributed by atoms with Crippen molar-refractivity contribution in [3.05, 3.63) is 94.0 Å². The Morgan fingerprint density at radius 2 is 1.97 bits per heavy atom. The van der Waals surface area contributed by atoms with Gasteiger partial charge in [-0.2, -0.15) is 0 Å². The van der Waals surface area contributed by atoms with Gasteiger partial charge in [0.2, 0.25) is 0 Å². The topological polar surface area (TPSA) is 79.7 Å². The first-order valence-electron chi connectivity index (χ1n) is 9.65. The fourth-order valence-electron chi connectivity index (χ4n) is 3.80. The van der Waals surface area contributed by atoms with Gasteiger partial charge < -0.3 is 9.84 Å². The Balaban J connectivity index is 2.01. The van der Waals surface area contributed by atoms with E-state index in [1.54, 1.807) is 43.5 Å². The molecule has 1 unspecified atom stereocenters. The number of hydrogen-bond acceptors (Lipinski definition) is 5. The van der Waals surface area contributed by atoms with Crippen molar-refractivity contribution in [2.24, 2.45) is 0 Å². The van der Waals surface area contributed by atoms with Crippen molar-refractivity contribution in [2.45, 2.75) is 13.0 Å². The van der Waals surface area contributed by atoms with Gasteiger partial charge >= 0.3 is 0 Å². The maximum atomic E-state index is 14.0. The fourth-order valence-corrected chi connectivity index (χ4v) is 3.97. The fraction of sp³-hybridized carbons (Fsp3) is 0.125. The number of anilines is 1. The number of hydrogen-bond donors (Lipinski definition) is 1. The van der Waals surface area contributed by atoms with Gasteiger partial charge in [-0.05, 0) is 54.4 Å². The molecule has 3 aromatic rings. The zero-order valence-electron chi connectivity index (χ0n) is 17.2. The number of benzene rings is 2. The third-order valence-electron chi connectivity index (χ3n) is 5.36. The molecule has 6 nitrogen and oxygen atoms in total. The smallest absolute Gasteiger partial charge is 0.300 e. The zero-order chi connectivity index (χ0) is 23.0. The Morgan fingerprint density at radius 1 is 1.19 bits per heavy atom. The van der Waals surface area contributed by atoms with Crippen molar-refractivity contribution in [1.29, 1.82) is 0 Å². The minimum Gasteiger partial charge on any atom is -0.507 e. The second kappa shape index (κ2) is 8.43. The standard InChI is InChI=1S/C24H18ClFN2O4/c1-13-17(25)6-3-7-18(13)28-21(14-5-4-10-27-12-14)20(23(30)24(28)31)22(29)16-11-15(26)8-9-19(16)32-2/h3-12,21,29H,1-2H3/b22-20+. The van der Waals surface area contributed by atoms with Crippen LogP contribution in [0.4, 0.5) is 10.1 Å². The number of carbonyl (C=O) groups is 2. The minimum atomic E-state index is -1.01. The van der Waals surface area contributed by atoms with Crippen molar-refractivity contribution < 1.29 is 23.8 Å². The molecule has 1 aromatic heterocycles. The molecule has 1 N–H and O–H groups in total. The molecule has 8 heteroatoms. The number of rotatable bonds is 4. The Kier molecular flexibility index (Phi) is 5.67. The monoisotopic (exact) mass is 452 g/mol. The molecule has 162 valence electrons. The average Bonchev–Trinajstić information content (AvgIpc) is 3.06. The van der Waals surface area contributed by atoms with Crippen molar-refractivity contribution in [1.82, 2.24) is 4.98 Å². The molecule has 0 bridgehead atoms. The molecule has 32 heavy (non-hydrogen) atoms. The quantitative estimate of drug-likeness (QED) is 0.349. The predicted octanol–water partition coefficient (Wildman–Crippen LogP) is 4.82. The summed E-state index contributed by atoms with van der Waals surface area (Å²) < 4.78 is 19.2. The molecule has 0 radical (unpaired) electrons. The van der Waals surface area contributed by atoms with Gasteiger partial charge in [0, 0.05) is 23.1 Å². The lowest BCUT2D eigenvalue weighted by molar-refractivity contribution is -0.132. The van der Waals surface area contributed by atoms with Gasteiger partial charge in [-0.25, -0.2) is 4.39 Å². The second-order valence-corrected chi connectivity index (χ2v) is 7.59. The lowest BCUT2D eigenvalue weighted by atomic mass is 9.95. The summed E-state index contributed by atoms with van der Waals surface area (Å²) >= 11 is 6.27. The molecule has 1 aliphatic rings. The Hall–Kier alpha value is -3.71. The number of carbonyl (C=O) groups excluding carboxylic acids is 2. The van der Waals surface area contributed by atoms with Crippen molar-refractivity contribution in [2.75, 3.05) is 12.0 Å². The lowest BCUT2D eigenvalue weighted by Crippen LogP contribution is -2.30. The third-order valence-corrected chi connectivity index (χ3v) is 5.77. The van der Waals surface area contributed by atoms with E-state index in [2.05, 4.69) is 4.98 Å². The summed E-state index contributed by atoms with van der Waals surface area (Å²) in [5.41, 5.74) is 1.25. The van der Waals surface area contributed by atoms with Crippen LogP contribution in [0.1, 0.15) is 22.7 Å². The van der Waals surface area contributed by atoms with E-state index in [1.807, 2.05) is 0 Å². The molecular formula is C24H18ClFN2O4. The van der Waals surface area contributed by atoms with Crippen LogP contribution < -0.4 is 9.64 Å². The van der Waals surface area contributed by atoms with Gasteiger partial charge in [-0.1, -0.05) is 23.7 Å². The maximum Gasteiger partial charge on any atom is 0.300 e. The van der Waals surface area contributed by atoms with Crippen LogP contribution in [0.15, 0.2) is 66.5 Å². The highest BCUT2D eigenvalue weighted by Gasteiger charge is 2.47. The van der Waals surface area contributed by atoms with Crippen LogP contribution in [0.25, 0.3) is 5.76 Å². The number of aliphatic hydroxyl groups is 1. The van der Waals surface area contributed by atoms with Gasteiger partial charge in [0.25, 0.3) is 11.7 Å². The summed E-state index contributed by atoms with van der Waals surface area (Å²) in [6.45, 7) is 1.73. The first-order valence-corrected chi connectivity index (χ1v) is 10.0. The molecule has 0 saturated carbocycles. The summed E-state index contributed by atoms with van der Waals surface area (Å²) in [5.74, 6) is -2.79. The van der Waals surface area contributed by atoms with E-state index in [0.29, 0.717) is 21.8 Å². The first-order chi connectivity index (χ1) is 15.3. The summed E-state index contributed by atoms with van der Waals surface area (Å²) in [6.07, 6.45) is 3.05. The highest BCUT2D eigenvalue weighted by Crippen LogP contribution is 2.44. The van der Waals surface area contributed by atoms with E-state index < -0.39 is 29.3 Å². The molecule has 4 rings (SSSR count). The Bertz CT molecular complexity index is 1260. The molecule has 1 fully saturated rings. The zero-order valence-corrected chi connectivity index (χ0v) is 17.9. The van der Waals surface area contributed by atoms with E-state index in [0.717, 1.165) is 6.07 Å². The van der Waals surface area contributed by atoms with Crippen molar-refractivity contribution >= 4 is 34.7 Å². The Labute approximate surface area is 188 Å². The molecule has 0 spiro atoms. The van der Waals surface area contributed by atoms with E-state index in [4.69, 9.17) is 16.3 Å². The third kappa shape index (κ3) is 3.50. The van der Waals surface area contributed by atoms with Crippen LogP contribution in [0.2, 0.25) is 5.02 Å². The number of ketones is 1. The minimum absolute atomic E-state index is 0.0396. The Morgan fingerprint density at radius 3 is 2.66 bits per heavy atom. The molecule has 1 atom stereocenters. The number of halogens is 2. The number of pyridine rings is 1. The SMILES string of the molecule is COc1ccc(F)cc1/C(O)=C1\C(=O)C(=O)N(c2cccc(Cl)c2C)C1c1cccnc1. The van der Waals surface area contributed by atoms with Gasteiger partial charge in [-0.3, -0.25) is 19.5 Å². The van der Waals surface area contributed by atoms with Crippen LogP contribution >= 0.6 is 11.6 Å². The van der Waals surface area contributed by atoms with Crippen molar-refractivity contribution in [3.8, 4) is 5.75 Å². The molecular weight excluding hydrogens is 435 g/mol. The summed E-state index contributed by atoms with van der Waals surface area (Å²) in [6, 6.07) is 10.9. The highest BCUT2D eigenvalue weighted by molar-refractivity contribution is 6.52. The van der Waals surface area contributed by atoms with E-state index in [-0.39, 0.29) is 16.9 Å². The van der Waals surface area contributed by atoms with Crippen LogP contribution in [-0.2, 0) is 9.59 Å². The summed E-state index contributed by atoms with van der Waals surface area (Å²) in [5, 5.41) is 11.6. The summed E-state index contributed by atoms with van der Waals surface area (Å²) in [4.78, 5) is 31.7. The number of nitrogens with zero attached hydrogens (tertiary/aromatic N) is 2. The normalized spacial score (nSPS) is 17.6. The van der Waals surface area contributed by atoms with Gasteiger partial charge in [0.15, 0.2) is 0 Å². The molecule has 0 aliphatic carbocycles. The van der Waals surface area contributed by atoms with Crippen LogP contribution in [0.3, 0.4) is 0 Å². The number of aromatic nitrogens is 1. The second-order valence-electron chi connectivity index (χ2n) is 7.18. The number of methoxy groups -OCH3 is 1. The number of Topliss-reactive ketones (excluding diaryl/α,β-unsaturated/α-hetero) is 1. The largest absolute Gasteiger partial charge is 0.507 e. The number of aliphatic hydroxyl groups excluding tert-OH is 1. The van der Waals surface area contributed by atoms with Gasteiger partial charge in [-0.15, -0.1) is 0 Å². The maximum absolute atomic E-state index is 14.0. The lowest BCUT2D eigenvalue weighted by Gasteiger charge is -2.27. The predicted molar refractivity (Wildman–Crippen MR) is 118 cm³/mol. The van der Waals surface area contributed by atoms with Crippen LogP contribution in [0, 0.1) is 12.7 Å². The van der Waals surface area contributed by atoms with E-state index in [1.165, 1.54) is 30.3 Å². The molecule has 1 saturated heterocycles. The molecule has 2 heterocycles. The summed E-state index contributed by atoms with van der Waals surface area (Å²) in [7, 11) is 1.36. The van der Waals surface area contributed by atoms with Gasteiger partial charge in [0.1, 0.15) is 17.3 Å². The average molecular weight is 453 g/mol. The molecule has 2 aromatic carbocycles. The number of ether oxygens (including phenoxy) is 1. The highest BCUT2D eigenvalue weighted by atomic mass is 35.5. The first kappa shape index (κ1) is 21.5. The number of amides is 1. The van der Waals surface area contributed by atoms with Crippen molar-refractivity contribution in [3.63, 3.8) is 0 Å². The molecule has 1 aliphatic heterocycles. The van der Waals surface area contributed by atoms with E-state index >= 15 is 0 Å². The van der Waals surface area contributed by atoms with Gasteiger partial charge in [0.05, 0.1) is 24.3 Å². The van der Waals surface area contributed by atoms with E-state index in [9.17, 15) is 19.1 Å².